The first-order chi connectivity index (χ1) is 7.27. The molecule has 0 aromatic carbocycles. The number of aliphatic hydroxyl groups is 1. The molecule has 2 aromatic heterocycles. The van der Waals surface area contributed by atoms with E-state index in [9.17, 15) is 5.11 Å². The van der Waals surface area contributed by atoms with Crippen molar-refractivity contribution in [3.05, 3.63) is 24.3 Å². The van der Waals surface area contributed by atoms with Crippen molar-refractivity contribution in [2.24, 2.45) is 5.73 Å². The Balaban J connectivity index is 2.65. The molecule has 6 nitrogen and oxygen atoms in total. The van der Waals surface area contributed by atoms with E-state index in [0.29, 0.717) is 17.2 Å². The van der Waals surface area contributed by atoms with Crippen molar-refractivity contribution < 1.29 is 9.84 Å². The fourth-order valence-corrected chi connectivity index (χ4v) is 1.44. The number of imidazole rings is 1. The van der Waals surface area contributed by atoms with E-state index in [1.807, 2.05) is 0 Å². The minimum absolute atomic E-state index is 0.138. The van der Waals surface area contributed by atoms with Crippen LogP contribution in [0.1, 0.15) is 11.8 Å². The number of nitrogens with two attached hydrogens (primary N) is 1. The van der Waals surface area contributed by atoms with E-state index < -0.39 is 6.10 Å². The molecule has 6 heteroatoms. The maximum absolute atomic E-state index is 9.67. The van der Waals surface area contributed by atoms with Gasteiger partial charge >= 0.3 is 0 Å². The van der Waals surface area contributed by atoms with Gasteiger partial charge in [0.25, 0.3) is 0 Å². The highest BCUT2D eigenvalue weighted by Gasteiger charge is 2.14. The third-order valence-corrected chi connectivity index (χ3v) is 2.19. The summed E-state index contributed by atoms with van der Waals surface area (Å²) in [6, 6.07) is 0. The second-order valence-electron chi connectivity index (χ2n) is 3.08. The van der Waals surface area contributed by atoms with Crippen molar-refractivity contribution in [3.63, 3.8) is 0 Å². The smallest absolute Gasteiger partial charge is 0.218 e. The number of rotatable bonds is 3. The maximum atomic E-state index is 9.67. The number of hydrogen-bond acceptors (Lipinski definition) is 5. The van der Waals surface area contributed by atoms with Gasteiger partial charge in [0.1, 0.15) is 6.10 Å². The van der Waals surface area contributed by atoms with Crippen LogP contribution in [-0.2, 0) is 0 Å². The predicted octanol–water partition coefficient (Wildman–Crippen LogP) is -0.270. The zero-order valence-electron chi connectivity index (χ0n) is 8.29. The minimum Gasteiger partial charge on any atom is -0.481 e. The average Bonchev–Trinajstić information content (AvgIpc) is 2.71. The van der Waals surface area contributed by atoms with Crippen LogP contribution < -0.4 is 10.5 Å². The van der Waals surface area contributed by atoms with Crippen LogP contribution in [0.25, 0.3) is 5.65 Å². The van der Waals surface area contributed by atoms with Crippen molar-refractivity contribution in [2.75, 3.05) is 13.7 Å². The van der Waals surface area contributed by atoms with E-state index in [2.05, 4.69) is 9.97 Å². The summed E-state index contributed by atoms with van der Waals surface area (Å²) in [7, 11) is 1.54. The molecule has 2 heterocycles. The van der Waals surface area contributed by atoms with Crippen LogP contribution in [0.2, 0.25) is 0 Å². The molecule has 0 saturated carbocycles. The Hall–Kier alpha value is -1.66. The Bertz CT molecular complexity index is 468. The SMILES string of the molecule is COc1cncc2ncc(C(O)CN)n12. The number of aliphatic hydroxyl groups excluding tert-OH is 1. The summed E-state index contributed by atoms with van der Waals surface area (Å²) in [6.07, 6.45) is 3.96. The van der Waals surface area contributed by atoms with Gasteiger partial charge in [-0.1, -0.05) is 0 Å². The van der Waals surface area contributed by atoms with Gasteiger partial charge in [0.15, 0.2) is 5.65 Å². The minimum atomic E-state index is -0.753. The first-order valence-electron chi connectivity index (χ1n) is 4.51. The molecule has 1 unspecified atom stereocenters. The Labute approximate surface area is 86.3 Å². The van der Waals surface area contributed by atoms with Gasteiger partial charge in [-0.2, -0.15) is 0 Å². The molecular weight excluding hydrogens is 196 g/mol. The zero-order chi connectivity index (χ0) is 10.8. The molecule has 15 heavy (non-hydrogen) atoms. The third-order valence-electron chi connectivity index (χ3n) is 2.19. The Kier molecular flexibility index (Phi) is 2.53. The first-order valence-corrected chi connectivity index (χ1v) is 4.51. The van der Waals surface area contributed by atoms with Gasteiger partial charge in [0.2, 0.25) is 5.88 Å². The topological polar surface area (TPSA) is 85.7 Å². The lowest BCUT2D eigenvalue weighted by Crippen LogP contribution is -2.14. The normalized spacial score (nSPS) is 13.0. The lowest BCUT2D eigenvalue weighted by Gasteiger charge is -2.10. The molecule has 0 aliphatic heterocycles. The number of aromatic nitrogens is 3. The van der Waals surface area contributed by atoms with E-state index in [1.54, 1.807) is 23.0 Å². The van der Waals surface area contributed by atoms with Gasteiger partial charge in [-0.25, -0.2) is 4.98 Å². The summed E-state index contributed by atoms with van der Waals surface area (Å²) >= 11 is 0. The highest BCUT2D eigenvalue weighted by Crippen LogP contribution is 2.19. The van der Waals surface area contributed by atoms with Crippen molar-refractivity contribution in [1.82, 2.24) is 14.4 Å². The summed E-state index contributed by atoms with van der Waals surface area (Å²) < 4.78 is 6.81. The standard InChI is InChI=1S/C9H12N4O2/c1-15-9-5-11-4-8-12-3-6(13(8)9)7(14)2-10/h3-5,7,14H,2,10H2,1H3. The van der Waals surface area contributed by atoms with Crippen LogP contribution in [0.15, 0.2) is 18.6 Å². The van der Waals surface area contributed by atoms with E-state index in [4.69, 9.17) is 10.5 Å². The van der Waals surface area contributed by atoms with Crippen molar-refractivity contribution in [2.45, 2.75) is 6.10 Å². The summed E-state index contributed by atoms with van der Waals surface area (Å²) in [6.45, 7) is 0.138. The molecule has 0 bridgehead atoms. The molecule has 0 aliphatic carbocycles. The molecule has 0 fully saturated rings. The van der Waals surface area contributed by atoms with Crippen LogP contribution in [0.5, 0.6) is 5.88 Å². The van der Waals surface area contributed by atoms with Crippen LogP contribution in [-0.4, -0.2) is 33.1 Å². The predicted molar refractivity (Wildman–Crippen MR) is 53.6 cm³/mol. The molecule has 3 N–H and O–H groups in total. The lowest BCUT2D eigenvalue weighted by molar-refractivity contribution is 0.179. The van der Waals surface area contributed by atoms with Crippen LogP contribution in [0.3, 0.4) is 0 Å². The molecule has 1 atom stereocenters. The Morgan fingerprint density at radius 2 is 2.33 bits per heavy atom. The second-order valence-corrected chi connectivity index (χ2v) is 3.08. The van der Waals surface area contributed by atoms with E-state index in [1.165, 1.54) is 7.11 Å². The molecule has 0 aliphatic rings. The van der Waals surface area contributed by atoms with Crippen LogP contribution in [0.4, 0.5) is 0 Å². The maximum Gasteiger partial charge on any atom is 0.218 e. The van der Waals surface area contributed by atoms with Crippen molar-refractivity contribution in [1.29, 1.82) is 0 Å². The zero-order valence-corrected chi connectivity index (χ0v) is 8.29. The van der Waals surface area contributed by atoms with E-state index in [-0.39, 0.29) is 6.54 Å². The van der Waals surface area contributed by atoms with Gasteiger partial charge in [-0.05, 0) is 0 Å². The second kappa shape index (κ2) is 3.84. The quantitative estimate of drug-likeness (QED) is 0.725. The molecular formula is C9H12N4O2. The molecule has 0 spiro atoms. The van der Waals surface area contributed by atoms with Crippen molar-refractivity contribution >= 4 is 5.65 Å². The lowest BCUT2D eigenvalue weighted by atomic mass is 10.3. The fraction of sp³-hybridized carbons (Fsp3) is 0.333. The molecule has 0 amide bonds. The number of methoxy groups -OCH3 is 1. The van der Waals surface area contributed by atoms with Crippen molar-refractivity contribution in [3.8, 4) is 5.88 Å². The monoisotopic (exact) mass is 208 g/mol. The highest BCUT2D eigenvalue weighted by atomic mass is 16.5. The van der Waals surface area contributed by atoms with Crippen LogP contribution >= 0.6 is 0 Å². The van der Waals surface area contributed by atoms with Gasteiger partial charge in [-0.3, -0.25) is 9.38 Å². The van der Waals surface area contributed by atoms with Gasteiger partial charge in [-0.15, -0.1) is 0 Å². The number of ether oxygens (including phenoxy) is 1. The molecule has 2 aromatic rings. The Morgan fingerprint density at radius 3 is 3.00 bits per heavy atom. The summed E-state index contributed by atoms with van der Waals surface area (Å²) in [4.78, 5) is 8.06. The Morgan fingerprint density at radius 1 is 1.53 bits per heavy atom. The van der Waals surface area contributed by atoms with E-state index >= 15 is 0 Å². The molecule has 2 rings (SSSR count). The van der Waals surface area contributed by atoms with Gasteiger partial charge < -0.3 is 15.6 Å². The fourth-order valence-electron chi connectivity index (χ4n) is 1.44. The summed E-state index contributed by atoms with van der Waals surface area (Å²) in [5.74, 6) is 0.521. The molecule has 0 saturated heterocycles. The largest absolute Gasteiger partial charge is 0.481 e. The summed E-state index contributed by atoms with van der Waals surface area (Å²) in [5.41, 5.74) is 6.62. The highest BCUT2D eigenvalue weighted by molar-refractivity contribution is 5.41. The average molecular weight is 208 g/mol. The number of fused-ring (bicyclic) bond motifs is 1. The first kappa shape index (κ1) is 9.88. The van der Waals surface area contributed by atoms with E-state index in [0.717, 1.165) is 0 Å². The van der Waals surface area contributed by atoms with Gasteiger partial charge in [0.05, 0.1) is 31.4 Å². The van der Waals surface area contributed by atoms with Crippen LogP contribution in [0, 0.1) is 0 Å². The number of hydrogen-bond donors (Lipinski definition) is 2. The summed E-state index contributed by atoms with van der Waals surface area (Å²) in [5, 5.41) is 9.67. The number of nitrogens with zero attached hydrogens (tertiary/aromatic N) is 3. The molecule has 80 valence electrons. The third kappa shape index (κ3) is 1.53. The molecule has 0 radical (unpaired) electrons. The van der Waals surface area contributed by atoms with Gasteiger partial charge in [0, 0.05) is 6.54 Å².